The normalized spacial score (nSPS) is 15.5. The van der Waals surface area contributed by atoms with Crippen molar-refractivity contribution in [3.05, 3.63) is 120 Å². The number of hydrogen-bond acceptors (Lipinski definition) is 5. The lowest BCUT2D eigenvalue weighted by atomic mass is 9.93. The minimum absolute atomic E-state index is 0.164. The predicted molar refractivity (Wildman–Crippen MR) is 142 cm³/mol. The van der Waals surface area contributed by atoms with Crippen molar-refractivity contribution in [3.63, 3.8) is 0 Å². The van der Waals surface area contributed by atoms with Gasteiger partial charge in [0.15, 0.2) is 4.80 Å². The quantitative estimate of drug-likeness (QED) is 0.377. The fraction of sp³-hybridized carbons (Fsp3) is 0.207. The first-order chi connectivity index (χ1) is 17.8. The van der Waals surface area contributed by atoms with Crippen LogP contribution in [0.1, 0.15) is 41.0 Å². The summed E-state index contributed by atoms with van der Waals surface area (Å²) in [5.74, 6) is -0.973. The molecule has 0 N–H and O–H groups in total. The van der Waals surface area contributed by atoms with Crippen LogP contribution in [0.5, 0.6) is 0 Å². The molecule has 0 aliphatic carbocycles. The maximum atomic E-state index is 13.9. The average molecular weight is 516 g/mol. The number of aryl methyl sites for hydroxylation is 1. The number of rotatable bonds is 5. The molecule has 0 radical (unpaired) electrons. The number of nitrogens with zero attached hydrogens (tertiary/aromatic N) is 3. The van der Waals surface area contributed by atoms with Gasteiger partial charge in [0, 0.05) is 24.0 Å². The van der Waals surface area contributed by atoms with Gasteiger partial charge in [-0.15, -0.1) is 0 Å². The zero-order chi connectivity index (χ0) is 26.3. The molecule has 0 unspecified atom stereocenters. The Bertz CT molecular complexity index is 1710. The first-order valence-electron chi connectivity index (χ1n) is 12.0. The van der Waals surface area contributed by atoms with Crippen LogP contribution in [0.15, 0.2) is 76.0 Å². The van der Waals surface area contributed by atoms with Gasteiger partial charge in [-0.05, 0) is 56.2 Å². The lowest BCUT2D eigenvalue weighted by molar-refractivity contribution is -0.138. The molecule has 3 heterocycles. The summed E-state index contributed by atoms with van der Waals surface area (Å²) in [6, 6.07) is 16.4. The molecule has 0 saturated heterocycles. The highest BCUT2D eigenvalue weighted by Gasteiger charge is 2.35. The number of esters is 1. The summed E-state index contributed by atoms with van der Waals surface area (Å²) < 4.78 is 23.4. The van der Waals surface area contributed by atoms with Gasteiger partial charge >= 0.3 is 5.97 Å². The smallest absolute Gasteiger partial charge is 0.338 e. The van der Waals surface area contributed by atoms with Crippen molar-refractivity contribution in [1.82, 2.24) is 9.13 Å². The molecule has 2 aromatic carbocycles. The molecule has 37 heavy (non-hydrogen) atoms. The second kappa shape index (κ2) is 9.78. The largest absolute Gasteiger partial charge is 0.463 e. The third-order valence-electron chi connectivity index (χ3n) is 6.66. The number of carbonyl (C=O) groups is 1. The monoisotopic (exact) mass is 515 g/mol. The fourth-order valence-electron chi connectivity index (χ4n) is 4.57. The Hall–Kier alpha value is -4.04. The number of hydrogen-bond donors (Lipinski definition) is 0. The van der Waals surface area contributed by atoms with Crippen LogP contribution in [0.25, 0.3) is 11.8 Å². The molecule has 4 aromatic rings. The van der Waals surface area contributed by atoms with Crippen molar-refractivity contribution in [3.8, 4) is 0 Å². The van der Waals surface area contributed by atoms with E-state index in [-0.39, 0.29) is 17.7 Å². The third kappa shape index (κ3) is 4.38. The Morgan fingerprint density at radius 3 is 2.46 bits per heavy atom. The molecular formula is C29H26FN3O3S. The first kappa shape index (κ1) is 24.6. The van der Waals surface area contributed by atoms with E-state index in [0.717, 1.165) is 22.5 Å². The Balaban J connectivity index is 1.84. The summed E-state index contributed by atoms with van der Waals surface area (Å²) in [6.45, 7) is 5.91. The van der Waals surface area contributed by atoms with E-state index in [1.165, 1.54) is 28.0 Å². The van der Waals surface area contributed by atoms with E-state index in [0.29, 0.717) is 20.6 Å². The van der Waals surface area contributed by atoms with Crippen LogP contribution in [0, 0.1) is 19.7 Å². The Morgan fingerprint density at radius 2 is 1.84 bits per heavy atom. The highest BCUT2D eigenvalue weighted by Crippen LogP contribution is 2.35. The van der Waals surface area contributed by atoms with Gasteiger partial charge < -0.3 is 9.30 Å². The Kier molecular flexibility index (Phi) is 6.52. The van der Waals surface area contributed by atoms with Crippen molar-refractivity contribution in [2.75, 3.05) is 6.61 Å². The SMILES string of the molecule is CCOC(=O)C1=C(c2ccccc2)N=c2s/c(=C/c3cc(C)n(C)c3C)c(=O)n2[C@@H]1c1ccc(F)cc1. The lowest BCUT2D eigenvalue weighted by Gasteiger charge is -2.25. The standard InChI is InChI=1S/C29H26FN3O3S/c1-5-36-28(35)24-25(19-9-7-6-8-10-19)31-29-33(26(24)20-11-13-22(30)14-12-20)27(34)23(37-29)16-21-15-17(2)32(4)18(21)3/h6-16,26H,5H2,1-4H3/b23-16+/t26-/m1/s1. The van der Waals surface area contributed by atoms with Gasteiger partial charge in [0.1, 0.15) is 5.82 Å². The van der Waals surface area contributed by atoms with Gasteiger partial charge in [-0.2, -0.15) is 0 Å². The maximum Gasteiger partial charge on any atom is 0.338 e. The van der Waals surface area contributed by atoms with Crippen molar-refractivity contribution in [2.45, 2.75) is 26.8 Å². The van der Waals surface area contributed by atoms with Crippen molar-refractivity contribution in [1.29, 1.82) is 0 Å². The van der Waals surface area contributed by atoms with Crippen LogP contribution in [0.3, 0.4) is 0 Å². The summed E-state index contributed by atoms with van der Waals surface area (Å²) >= 11 is 1.27. The number of fused-ring (bicyclic) bond motifs is 1. The topological polar surface area (TPSA) is 65.6 Å². The summed E-state index contributed by atoms with van der Waals surface area (Å²) in [5, 5.41) is 0. The zero-order valence-electron chi connectivity index (χ0n) is 21.0. The number of halogens is 1. The van der Waals surface area contributed by atoms with Crippen LogP contribution in [-0.4, -0.2) is 21.7 Å². The highest BCUT2D eigenvalue weighted by molar-refractivity contribution is 7.07. The molecule has 6 nitrogen and oxygen atoms in total. The number of carbonyl (C=O) groups excluding carboxylic acids is 1. The van der Waals surface area contributed by atoms with Crippen LogP contribution >= 0.6 is 11.3 Å². The van der Waals surface area contributed by atoms with Crippen LogP contribution < -0.4 is 14.9 Å². The molecule has 0 spiro atoms. The zero-order valence-corrected chi connectivity index (χ0v) is 21.8. The minimum Gasteiger partial charge on any atom is -0.463 e. The van der Waals surface area contributed by atoms with E-state index in [9.17, 15) is 14.0 Å². The summed E-state index contributed by atoms with van der Waals surface area (Å²) in [6.07, 6.45) is 1.87. The molecule has 8 heteroatoms. The molecule has 0 saturated carbocycles. The summed E-state index contributed by atoms with van der Waals surface area (Å²) in [4.78, 5) is 32.6. The van der Waals surface area contributed by atoms with Gasteiger partial charge in [-0.3, -0.25) is 9.36 Å². The molecule has 0 fully saturated rings. The first-order valence-corrected chi connectivity index (χ1v) is 12.8. The van der Waals surface area contributed by atoms with Gasteiger partial charge in [-0.25, -0.2) is 14.2 Å². The second-order valence-corrected chi connectivity index (χ2v) is 9.88. The number of aromatic nitrogens is 2. The maximum absolute atomic E-state index is 13.9. The third-order valence-corrected chi connectivity index (χ3v) is 7.64. The Labute approximate surface area is 217 Å². The summed E-state index contributed by atoms with van der Waals surface area (Å²) in [7, 11) is 1.98. The van der Waals surface area contributed by atoms with E-state index in [4.69, 9.17) is 9.73 Å². The van der Waals surface area contributed by atoms with Crippen molar-refractivity contribution >= 4 is 29.1 Å². The number of benzene rings is 2. The van der Waals surface area contributed by atoms with Crippen LogP contribution in [0.4, 0.5) is 4.39 Å². The van der Waals surface area contributed by atoms with Crippen molar-refractivity contribution < 1.29 is 13.9 Å². The molecule has 0 amide bonds. The van der Waals surface area contributed by atoms with Crippen LogP contribution in [0.2, 0.25) is 0 Å². The van der Waals surface area contributed by atoms with Crippen molar-refractivity contribution in [2.24, 2.45) is 12.0 Å². The lowest BCUT2D eigenvalue weighted by Crippen LogP contribution is -2.40. The van der Waals surface area contributed by atoms with Gasteiger partial charge in [-0.1, -0.05) is 53.8 Å². The van der Waals surface area contributed by atoms with Gasteiger partial charge in [0.2, 0.25) is 0 Å². The molecule has 188 valence electrons. The van der Waals surface area contributed by atoms with E-state index in [1.807, 2.05) is 63.4 Å². The molecule has 5 rings (SSSR count). The second-order valence-electron chi connectivity index (χ2n) is 8.87. The highest BCUT2D eigenvalue weighted by atomic mass is 32.1. The molecule has 1 aliphatic rings. The molecular weight excluding hydrogens is 489 g/mol. The number of ether oxygens (including phenoxy) is 1. The van der Waals surface area contributed by atoms with Gasteiger partial charge in [0.25, 0.3) is 5.56 Å². The molecule has 1 atom stereocenters. The molecule has 1 aliphatic heterocycles. The Morgan fingerprint density at radius 1 is 1.14 bits per heavy atom. The van der Waals surface area contributed by atoms with E-state index < -0.39 is 17.8 Å². The minimum atomic E-state index is -0.827. The van der Waals surface area contributed by atoms with E-state index in [2.05, 4.69) is 4.57 Å². The van der Waals surface area contributed by atoms with Crippen LogP contribution in [-0.2, 0) is 16.6 Å². The summed E-state index contributed by atoms with van der Waals surface area (Å²) in [5.41, 5.74) is 4.78. The fourth-order valence-corrected chi connectivity index (χ4v) is 5.56. The van der Waals surface area contributed by atoms with E-state index >= 15 is 0 Å². The van der Waals surface area contributed by atoms with Gasteiger partial charge in [0.05, 0.1) is 28.5 Å². The number of thiazole rings is 1. The molecule has 0 bridgehead atoms. The predicted octanol–water partition coefficient (Wildman–Crippen LogP) is 4.03. The molecule has 2 aromatic heterocycles. The van der Waals surface area contributed by atoms with E-state index in [1.54, 1.807) is 19.1 Å². The average Bonchev–Trinajstić information content (AvgIpc) is 3.34.